The maximum Gasteiger partial charge on any atom is 0.227 e. The van der Waals surface area contributed by atoms with Crippen LogP contribution < -0.4 is 11.1 Å². The first-order valence-electron chi connectivity index (χ1n) is 6.39. The molecule has 1 aromatic rings. The highest BCUT2D eigenvalue weighted by Crippen LogP contribution is 2.39. The standard InChI is InChI=1S/C14H19FN2O/c15-12-4-2-11(3-5-12)6-9-17-13(18)14(10-16)7-1-8-14/h2-5H,1,6-10,16H2,(H,17,18). The van der Waals surface area contributed by atoms with Crippen molar-refractivity contribution < 1.29 is 9.18 Å². The number of hydrogen-bond acceptors (Lipinski definition) is 2. The van der Waals surface area contributed by atoms with Crippen LogP contribution in [0.3, 0.4) is 0 Å². The van der Waals surface area contributed by atoms with Crippen molar-refractivity contribution in [2.24, 2.45) is 11.1 Å². The third kappa shape index (κ3) is 2.70. The zero-order valence-electron chi connectivity index (χ0n) is 10.4. The van der Waals surface area contributed by atoms with Crippen LogP contribution in [0.2, 0.25) is 0 Å². The van der Waals surface area contributed by atoms with Gasteiger partial charge < -0.3 is 11.1 Å². The van der Waals surface area contributed by atoms with Crippen molar-refractivity contribution in [3.05, 3.63) is 35.6 Å². The lowest BCUT2D eigenvalue weighted by Gasteiger charge is -2.39. The van der Waals surface area contributed by atoms with Crippen LogP contribution in [0.25, 0.3) is 0 Å². The van der Waals surface area contributed by atoms with Gasteiger partial charge >= 0.3 is 0 Å². The molecule has 4 heteroatoms. The van der Waals surface area contributed by atoms with E-state index in [1.807, 2.05) is 0 Å². The predicted molar refractivity (Wildman–Crippen MR) is 68.5 cm³/mol. The predicted octanol–water partition coefficient (Wildman–Crippen LogP) is 1.61. The van der Waals surface area contributed by atoms with Crippen molar-refractivity contribution in [1.29, 1.82) is 0 Å². The summed E-state index contributed by atoms with van der Waals surface area (Å²) in [6.07, 6.45) is 3.59. The number of halogens is 1. The summed E-state index contributed by atoms with van der Waals surface area (Å²) in [7, 11) is 0. The lowest BCUT2D eigenvalue weighted by molar-refractivity contribution is -0.135. The molecule has 1 aliphatic carbocycles. The Kier molecular flexibility index (Phi) is 3.97. The summed E-state index contributed by atoms with van der Waals surface area (Å²) in [5.74, 6) is -0.169. The molecular formula is C14H19FN2O. The Hall–Kier alpha value is -1.42. The van der Waals surface area contributed by atoms with Crippen molar-refractivity contribution in [2.45, 2.75) is 25.7 Å². The number of nitrogens with one attached hydrogen (secondary N) is 1. The van der Waals surface area contributed by atoms with Crippen molar-refractivity contribution in [3.8, 4) is 0 Å². The molecule has 0 unspecified atom stereocenters. The van der Waals surface area contributed by atoms with Crippen LogP contribution in [0, 0.1) is 11.2 Å². The molecule has 2 rings (SSSR count). The first-order chi connectivity index (χ1) is 8.66. The number of amides is 1. The zero-order valence-corrected chi connectivity index (χ0v) is 10.4. The molecule has 1 aromatic carbocycles. The zero-order chi connectivity index (χ0) is 13.0. The van der Waals surface area contributed by atoms with Crippen LogP contribution in [0.5, 0.6) is 0 Å². The minimum Gasteiger partial charge on any atom is -0.355 e. The van der Waals surface area contributed by atoms with Gasteiger partial charge in [-0.1, -0.05) is 18.6 Å². The normalized spacial score (nSPS) is 17.0. The largest absolute Gasteiger partial charge is 0.355 e. The Balaban J connectivity index is 1.78. The molecule has 1 amide bonds. The maximum atomic E-state index is 12.7. The van der Waals surface area contributed by atoms with Gasteiger partial charge in [0.1, 0.15) is 5.82 Å². The van der Waals surface area contributed by atoms with Crippen LogP contribution in [0.4, 0.5) is 4.39 Å². The number of carbonyl (C=O) groups is 1. The molecule has 0 heterocycles. The number of benzene rings is 1. The fourth-order valence-electron chi connectivity index (χ4n) is 2.29. The second kappa shape index (κ2) is 5.48. The summed E-state index contributed by atoms with van der Waals surface area (Å²) in [5, 5.41) is 2.93. The molecule has 3 nitrogen and oxygen atoms in total. The van der Waals surface area contributed by atoms with Crippen LogP contribution in [-0.4, -0.2) is 19.0 Å². The fraction of sp³-hybridized carbons (Fsp3) is 0.500. The number of nitrogens with two attached hydrogens (primary N) is 1. The van der Waals surface area contributed by atoms with E-state index < -0.39 is 0 Å². The second-order valence-electron chi connectivity index (χ2n) is 4.97. The first kappa shape index (κ1) is 13.0. The van der Waals surface area contributed by atoms with E-state index in [-0.39, 0.29) is 17.1 Å². The monoisotopic (exact) mass is 250 g/mol. The molecule has 1 aliphatic rings. The van der Waals surface area contributed by atoms with E-state index in [1.165, 1.54) is 12.1 Å². The Morgan fingerprint density at radius 2 is 2.00 bits per heavy atom. The van der Waals surface area contributed by atoms with E-state index in [1.54, 1.807) is 12.1 Å². The summed E-state index contributed by atoms with van der Waals surface area (Å²) in [6, 6.07) is 6.35. The topological polar surface area (TPSA) is 55.1 Å². The van der Waals surface area contributed by atoms with E-state index in [0.29, 0.717) is 19.5 Å². The van der Waals surface area contributed by atoms with Crippen molar-refractivity contribution in [3.63, 3.8) is 0 Å². The molecular weight excluding hydrogens is 231 g/mol. The fourth-order valence-corrected chi connectivity index (χ4v) is 2.29. The molecule has 0 bridgehead atoms. The highest BCUT2D eigenvalue weighted by Gasteiger charge is 2.42. The molecule has 0 saturated heterocycles. The average Bonchev–Trinajstić information content (AvgIpc) is 2.31. The van der Waals surface area contributed by atoms with E-state index in [4.69, 9.17) is 5.73 Å². The van der Waals surface area contributed by atoms with Gasteiger partial charge in [0.05, 0.1) is 5.41 Å². The Morgan fingerprint density at radius 3 is 2.50 bits per heavy atom. The van der Waals surface area contributed by atoms with Gasteiger partial charge in [-0.15, -0.1) is 0 Å². The van der Waals surface area contributed by atoms with E-state index in [9.17, 15) is 9.18 Å². The quantitative estimate of drug-likeness (QED) is 0.834. The summed E-state index contributed by atoms with van der Waals surface area (Å²) in [5.41, 5.74) is 6.37. The molecule has 18 heavy (non-hydrogen) atoms. The van der Waals surface area contributed by atoms with Crippen LogP contribution in [0.1, 0.15) is 24.8 Å². The maximum absolute atomic E-state index is 12.7. The minimum absolute atomic E-state index is 0.0679. The summed E-state index contributed by atoms with van der Waals surface area (Å²) in [6.45, 7) is 1.00. The third-order valence-corrected chi connectivity index (χ3v) is 3.80. The molecule has 0 aliphatic heterocycles. The van der Waals surface area contributed by atoms with Gasteiger partial charge in [0.25, 0.3) is 0 Å². The Bertz CT molecular complexity index is 407. The summed E-state index contributed by atoms with van der Waals surface area (Å²) in [4.78, 5) is 12.0. The SMILES string of the molecule is NCC1(C(=O)NCCc2ccc(F)cc2)CCC1. The van der Waals surface area contributed by atoms with E-state index >= 15 is 0 Å². The highest BCUT2D eigenvalue weighted by molar-refractivity contribution is 5.83. The molecule has 1 fully saturated rings. The lowest BCUT2D eigenvalue weighted by Crippen LogP contribution is -2.50. The first-order valence-corrected chi connectivity index (χ1v) is 6.39. The Morgan fingerprint density at radius 1 is 1.33 bits per heavy atom. The highest BCUT2D eigenvalue weighted by atomic mass is 19.1. The number of carbonyl (C=O) groups excluding carboxylic acids is 1. The Labute approximate surface area is 107 Å². The minimum atomic E-state index is -0.317. The van der Waals surface area contributed by atoms with Crippen LogP contribution in [-0.2, 0) is 11.2 Å². The molecule has 1 saturated carbocycles. The summed E-state index contributed by atoms with van der Waals surface area (Å²) >= 11 is 0. The number of hydrogen-bond donors (Lipinski definition) is 2. The molecule has 0 spiro atoms. The van der Waals surface area contributed by atoms with E-state index in [0.717, 1.165) is 24.8 Å². The van der Waals surface area contributed by atoms with Gasteiger partial charge in [-0.25, -0.2) is 4.39 Å². The molecule has 98 valence electrons. The molecule has 0 aromatic heterocycles. The molecule has 0 radical (unpaired) electrons. The van der Waals surface area contributed by atoms with Gasteiger partial charge in [0.15, 0.2) is 0 Å². The number of rotatable bonds is 5. The van der Waals surface area contributed by atoms with Crippen LogP contribution in [0.15, 0.2) is 24.3 Å². The lowest BCUT2D eigenvalue weighted by atomic mass is 9.68. The van der Waals surface area contributed by atoms with Crippen molar-refractivity contribution in [2.75, 3.05) is 13.1 Å². The van der Waals surface area contributed by atoms with Gasteiger partial charge in [-0.2, -0.15) is 0 Å². The van der Waals surface area contributed by atoms with Crippen LogP contribution >= 0.6 is 0 Å². The van der Waals surface area contributed by atoms with Crippen molar-refractivity contribution in [1.82, 2.24) is 5.32 Å². The smallest absolute Gasteiger partial charge is 0.227 e. The second-order valence-corrected chi connectivity index (χ2v) is 4.97. The molecule has 3 N–H and O–H groups in total. The van der Waals surface area contributed by atoms with Gasteiger partial charge in [-0.3, -0.25) is 4.79 Å². The van der Waals surface area contributed by atoms with E-state index in [2.05, 4.69) is 5.32 Å². The third-order valence-electron chi connectivity index (χ3n) is 3.80. The van der Waals surface area contributed by atoms with Gasteiger partial charge in [0, 0.05) is 13.1 Å². The van der Waals surface area contributed by atoms with Gasteiger partial charge in [-0.05, 0) is 37.0 Å². The summed E-state index contributed by atoms with van der Waals surface area (Å²) < 4.78 is 12.7. The van der Waals surface area contributed by atoms with Gasteiger partial charge in [0.2, 0.25) is 5.91 Å². The molecule has 0 atom stereocenters. The van der Waals surface area contributed by atoms with Crippen molar-refractivity contribution >= 4 is 5.91 Å². The average molecular weight is 250 g/mol.